The van der Waals surface area contributed by atoms with Gasteiger partial charge < -0.3 is 10.6 Å². The number of anilines is 1. The second-order valence-electron chi connectivity index (χ2n) is 6.64. The number of hydrogen-bond donors (Lipinski definition) is 2. The molecule has 2 aromatic carbocycles. The van der Waals surface area contributed by atoms with E-state index in [0.29, 0.717) is 16.3 Å². The van der Waals surface area contributed by atoms with Crippen molar-refractivity contribution >= 4 is 28.4 Å². The van der Waals surface area contributed by atoms with Crippen molar-refractivity contribution < 1.29 is 4.79 Å². The van der Waals surface area contributed by atoms with Gasteiger partial charge in [0.05, 0.1) is 0 Å². The maximum atomic E-state index is 12.7. The molecule has 0 amide bonds. The Morgan fingerprint density at radius 2 is 1.96 bits per heavy atom. The topological polar surface area (TPSA) is 79.3 Å². The van der Waals surface area contributed by atoms with E-state index in [4.69, 9.17) is 0 Å². The third kappa shape index (κ3) is 4.09. The van der Waals surface area contributed by atoms with Gasteiger partial charge >= 0.3 is 0 Å². The molecule has 0 bridgehead atoms. The molecule has 0 fully saturated rings. The quantitative estimate of drug-likeness (QED) is 0.649. The van der Waals surface area contributed by atoms with Crippen molar-refractivity contribution in [1.29, 1.82) is 0 Å². The van der Waals surface area contributed by atoms with Crippen molar-refractivity contribution in [1.82, 2.24) is 14.7 Å². The minimum atomic E-state index is -0.0171. The van der Waals surface area contributed by atoms with E-state index in [1.807, 2.05) is 61.5 Å². The predicted octanol–water partition coefficient (Wildman–Crippen LogP) is 3.68. The Balaban J connectivity index is 1.51. The molecular weight excluding hydrogens is 370 g/mol. The molecule has 0 saturated carbocycles. The Kier molecular flexibility index (Phi) is 5.43. The highest BCUT2D eigenvalue weighted by atomic mass is 32.1. The van der Waals surface area contributed by atoms with Gasteiger partial charge in [-0.15, -0.1) is 0 Å². The van der Waals surface area contributed by atoms with Crippen molar-refractivity contribution in [2.75, 3.05) is 18.4 Å². The minimum Gasteiger partial charge on any atom is -0.356 e. The molecule has 1 aliphatic rings. The smallest absolute Gasteiger partial charge is 0.209 e. The molecule has 1 atom stereocenters. The first kappa shape index (κ1) is 18.3. The SMILES string of the molecule is CC(c1cccc(C(=O)c2ccccc2)c1)c1nsc(NC2=NCCCN2)n1. The molecule has 1 unspecified atom stereocenters. The molecule has 142 valence electrons. The maximum absolute atomic E-state index is 12.7. The second kappa shape index (κ2) is 8.31. The molecule has 28 heavy (non-hydrogen) atoms. The zero-order valence-corrected chi connectivity index (χ0v) is 16.4. The van der Waals surface area contributed by atoms with Crippen molar-refractivity contribution in [2.24, 2.45) is 4.99 Å². The largest absolute Gasteiger partial charge is 0.356 e. The van der Waals surface area contributed by atoms with Gasteiger partial charge in [-0.3, -0.25) is 9.79 Å². The number of guanidine groups is 1. The molecule has 0 spiro atoms. The molecule has 2 N–H and O–H groups in total. The molecule has 2 heterocycles. The number of nitrogens with one attached hydrogen (secondary N) is 2. The van der Waals surface area contributed by atoms with E-state index in [1.165, 1.54) is 11.5 Å². The van der Waals surface area contributed by atoms with Crippen LogP contribution in [0.4, 0.5) is 5.13 Å². The summed E-state index contributed by atoms with van der Waals surface area (Å²) in [6.07, 6.45) is 1.04. The predicted molar refractivity (Wildman–Crippen MR) is 112 cm³/mol. The fourth-order valence-corrected chi connectivity index (χ4v) is 3.69. The summed E-state index contributed by atoms with van der Waals surface area (Å²) in [7, 11) is 0. The average molecular weight is 392 g/mol. The first-order chi connectivity index (χ1) is 13.7. The van der Waals surface area contributed by atoms with Crippen LogP contribution in [0.3, 0.4) is 0 Å². The van der Waals surface area contributed by atoms with Gasteiger partial charge in [-0.2, -0.15) is 4.37 Å². The molecule has 1 aromatic heterocycles. The molecule has 1 aliphatic heterocycles. The lowest BCUT2D eigenvalue weighted by Gasteiger charge is -2.14. The molecule has 0 saturated heterocycles. The Hall–Kier alpha value is -3.06. The fourth-order valence-electron chi connectivity index (χ4n) is 3.03. The van der Waals surface area contributed by atoms with Gasteiger partial charge in [-0.05, 0) is 18.1 Å². The molecule has 0 radical (unpaired) electrons. The number of benzene rings is 2. The summed E-state index contributed by atoms with van der Waals surface area (Å²) >= 11 is 1.31. The van der Waals surface area contributed by atoms with E-state index in [9.17, 15) is 4.79 Å². The lowest BCUT2D eigenvalue weighted by atomic mass is 9.95. The van der Waals surface area contributed by atoms with Crippen LogP contribution in [0.1, 0.15) is 46.6 Å². The third-order valence-electron chi connectivity index (χ3n) is 4.64. The van der Waals surface area contributed by atoms with Crippen molar-refractivity contribution in [2.45, 2.75) is 19.3 Å². The van der Waals surface area contributed by atoms with Crippen LogP contribution in [0.15, 0.2) is 59.6 Å². The molecule has 7 heteroatoms. The summed E-state index contributed by atoms with van der Waals surface area (Å²) in [6, 6.07) is 17.0. The lowest BCUT2D eigenvalue weighted by molar-refractivity contribution is 0.103. The maximum Gasteiger partial charge on any atom is 0.209 e. The van der Waals surface area contributed by atoms with Gasteiger partial charge in [0.2, 0.25) is 5.13 Å². The highest BCUT2D eigenvalue weighted by Gasteiger charge is 2.17. The van der Waals surface area contributed by atoms with Crippen LogP contribution in [0.25, 0.3) is 0 Å². The monoisotopic (exact) mass is 391 g/mol. The van der Waals surface area contributed by atoms with Gasteiger partial charge in [0, 0.05) is 41.7 Å². The molecule has 0 aliphatic carbocycles. The van der Waals surface area contributed by atoms with Gasteiger partial charge in [-0.1, -0.05) is 55.5 Å². The number of carbonyl (C=O) groups excluding carboxylic acids is 1. The summed E-state index contributed by atoms with van der Waals surface area (Å²) in [4.78, 5) is 21.7. The van der Waals surface area contributed by atoms with Crippen LogP contribution in [0, 0.1) is 0 Å². The Labute approximate surface area is 167 Å². The first-order valence-electron chi connectivity index (χ1n) is 9.29. The molecule has 6 nitrogen and oxygen atoms in total. The zero-order valence-electron chi connectivity index (χ0n) is 15.6. The third-order valence-corrected chi connectivity index (χ3v) is 5.28. The van der Waals surface area contributed by atoms with Crippen LogP contribution in [0.2, 0.25) is 0 Å². The fraction of sp³-hybridized carbons (Fsp3) is 0.238. The van der Waals surface area contributed by atoms with Gasteiger partial charge in [0.1, 0.15) is 0 Å². The normalized spacial score (nSPS) is 14.7. The zero-order chi connectivity index (χ0) is 19.3. The Bertz CT molecular complexity index is 999. The van der Waals surface area contributed by atoms with Gasteiger partial charge in [0.25, 0.3) is 0 Å². The Morgan fingerprint density at radius 1 is 1.14 bits per heavy atom. The van der Waals surface area contributed by atoms with Crippen molar-refractivity contribution in [3.63, 3.8) is 0 Å². The van der Waals surface area contributed by atoms with Crippen LogP contribution in [-0.2, 0) is 0 Å². The number of rotatable bonds is 5. The highest BCUT2D eigenvalue weighted by molar-refractivity contribution is 7.09. The summed E-state index contributed by atoms with van der Waals surface area (Å²) in [6.45, 7) is 3.78. The molecular formula is C21H21N5OS. The summed E-state index contributed by atoms with van der Waals surface area (Å²) < 4.78 is 4.49. The van der Waals surface area contributed by atoms with Crippen molar-refractivity contribution in [3.8, 4) is 0 Å². The van der Waals surface area contributed by atoms with Crippen LogP contribution >= 0.6 is 11.5 Å². The average Bonchev–Trinajstić information content (AvgIpc) is 3.22. The number of ketones is 1. The van der Waals surface area contributed by atoms with E-state index in [-0.39, 0.29) is 11.7 Å². The summed E-state index contributed by atoms with van der Waals surface area (Å²) in [5.41, 5.74) is 2.37. The Morgan fingerprint density at radius 3 is 2.75 bits per heavy atom. The number of nitrogens with zero attached hydrogens (tertiary/aromatic N) is 3. The lowest BCUT2D eigenvalue weighted by Crippen LogP contribution is -2.35. The first-order valence-corrected chi connectivity index (χ1v) is 10.1. The van der Waals surface area contributed by atoms with E-state index < -0.39 is 0 Å². The molecule has 3 aromatic rings. The standard InChI is InChI=1S/C21H21N5OS/c1-14(19-24-21(28-26-19)25-20-22-11-6-12-23-20)16-9-5-10-17(13-16)18(27)15-7-3-2-4-8-15/h2-5,7-10,13-14H,6,11-12H2,1H3,(H2,22,23,24,25,26). The van der Waals surface area contributed by atoms with Crippen LogP contribution < -0.4 is 10.6 Å². The number of aromatic nitrogens is 2. The van der Waals surface area contributed by atoms with E-state index in [2.05, 4.69) is 25.0 Å². The number of hydrogen-bond acceptors (Lipinski definition) is 7. The molecule has 4 rings (SSSR count). The van der Waals surface area contributed by atoms with Crippen LogP contribution in [-0.4, -0.2) is 34.2 Å². The van der Waals surface area contributed by atoms with Gasteiger partial charge in [-0.25, -0.2) is 4.98 Å². The van der Waals surface area contributed by atoms with Crippen LogP contribution in [0.5, 0.6) is 0 Å². The number of aliphatic imine (C=N–C) groups is 1. The van der Waals surface area contributed by atoms with E-state index in [0.717, 1.165) is 36.9 Å². The highest BCUT2D eigenvalue weighted by Crippen LogP contribution is 2.26. The second-order valence-corrected chi connectivity index (χ2v) is 7.39. The van der Waals surface area contributed by atoms with E-state index >= 15 is 0 Å². The van der Waals surface area contributed by atoms with Crippen molar-refractivity contribution in [3.05, 3.63) is 77.1 Å². The summed E-state index contributed by atoms with van der Waals surface area (Å²) in [5, 5.41) is 7.12. The van der Waals surface area contributed by atoms with Gasteiger partial charge in [0.15, 0.2) is 17.6 Å². The summed E-state index contributed by atoms with van der Waals surface area (Å²) in [5.74, 6) is 1.48. The minimum absolute atomic E-state index is 0.0171. The van der Waals surface area contributed by atoms with E-state index in [1.54, 1.807) is 0 Å². The number of carbonyl (C=O) groups is 1.